The first-order chi connectivity index (χ1) is 19.8. The summed E-state index contributed by atoms with van der Waals surface area (Å²) in [6.45, 7) is 0.844. The van der Waals surface area contributed by atoms with E-state index in [0.29, 0.717) is 0 Å². The molecule has 0 saturated carbocycles. The van der Waals surface area contributed by atoms with E-state index in [-0.39, 0.29) is 82.5 Å². The molecule has 11 heteroatoms. The Labute approximate surface area is 235 Å². The van der Waals surface area contributed by atoms with E-state index < -0.39 is 21.6 Å². The molecule has 41 heavy (non-hydrogen) atoms. The van der Waals surface area contributed by atoms with Crippen LogP contribution in [0.5, 0.6) is 0 Å². The number of benzene rings is 3. The van der Waals surface area contributed by atoms with Crippen molar-refractivity contribution in [2.45, 2.75) is 16.3 Å². The van der Waals surface area contributed by atoms with Gasteiger partial charge >= 0.3 is 0 Å². The van der Waals surface area contributed by atoms with Crippen LogP contribution in [0.1, 0.15) is 36.8 Å². The molecule has 2 aliphatic rings. The summed E-state index contributed by atoms with van der Waals surface area (Å²) >= 11 is 0. The maximum absolute atomic E-state index is 14.7. The quantitative estimate of drug-likeness (QED) is 0.365. The van der Waals surface area contributed by atoms with Crippen molar-refractivity contribution in [1.82, 2.24) is 9.80 Å². The number of amides is 3. The number of nitrogens with zero attached hydrogens (tertiary/aromatic N) is 3. The molecular formula is C30H24FN3O6S. The minimum Gasteiger partial charge on any atom is -0.459 e. The lowest BCUT2D eigenvalue weighted by molar-refractivity contribution is 0.0518. The van der Waals surface area contributed by atoms with Gasteiger partial charge in [0.2, 0.25) is 9.84 Å². The van der Waals surface area contributed by atoms with Gasteiger partial charge < -0.3 is 19.1 Å². The van der Waals surface area contributed by atoms with Gasteiger partial charge in [-0.25, -0.2) is 12.8 Å². The van der Waals surface area contributed by atoms with Crippen LogP contribution in [0, 0.1) is 5.82 Å². The molecule has 0 aliphatic carbocycles. The summed E-state index contributed by atoms with van der Waals surface area (Å²) in [6, 6.07) is 19.1. The molecular weight excluding hydrogens is 549 g/mol. The number of rotatable bonds is 4. The van der Waals surface area contributed by atoms with Gasteiger partial charge in [-0.1, -0.05) is 30.3 Å². The summed E-state index contributed by atoms with van der Waals surface area (Å²) in [5.41, 5.74) is 0.317. The van der Waals surface area contributed by atoms with Crippen molar-refractivity contribution < 1.29 is 31.6 Å². The minimum absolute atomic E-state index is 0.00747. The summed E-state index contributed by atoms with van der Waals surface area (Å²) in [5, 5.41) is 0. The molecule has 208 valence electrons. The number of halogens is 1. The third-order valence-corrected chi connectivity index (χ3v) is 9.17. The fourth-order valence-electron chi connectivity index (χ4n) is 5.14. The van der Waals surface area contributed by atoms with Crippen LogP contribution in [0.3, 0.4) is 0 Å². The summed E-state index contributed by atoms with van der Waals surface area (Å²) < 4.78 is 47.3. The number of piperazine rings is 1. The second-order valence-corrected chi connectivity index (χ2v) is 11.6. The van der Waals surface area contributed by atoms with Crippen LogP contribution in [0.25, 0.3) is 0 Å². The monoisotopic (exact) mass is 573 g/mol. The zero-order valence-corrected chi connectivity index (χ0v) is 22.5. The first-order valence-corrected chi connectivity index (χ1v) is 14.4. The van der Waals surface area contributed by atoms with E-state index in [1.54, 1.807) is 34.1 Å². The predicted octanol–water partition coefficient (Wildman–Crippen LogP) is 4.01. The summed E-state index contributed by atoms with van der Waals surface area (Å²) in [6.07, 6.45) is 1.42. The van der Waals surface area contributed by atoms with Gasteiger partial charge in [-0.15, -0.1) is 0 Å². The highest BCUT2D eigenvalue weighted by Crippen LogP contribution is 2.38. The molecule has 3 heterocycles. The van der Waals surface area contributed by atoms with Crippen LogP contribution in [-0.2, 0) is 16.4 Å². The van der Waals surface area contributed by atoms with Gasteiger partial charge in [0.15, 0.2) is 5.76 Å². The molecule has 0 atom stereocenters. The van der Waals surface area contributed by atoms with Crippen LogP contribution < -0.4 is 4.90 Å². The molecule has 0 unspecified atom stereocenters. The zero-order valence-electron chi connectivity index (χ0n) is 21.7. The van der Waals surface area contributed by atoms with Crippen molar-refractivity contribution in [2.24, 2.45) is 0 Å². The van der Waals surface area contributed by atoms with E-state index >= 15 is 0 Å². The van der Waals surface area contributed by atoms with E-state index in [4.69, 9.17) is 4.42 Å². The van der Waals surface area contributed by atoms with Gasteiger partial charge in [0.25, 0.3) is 17.7 Å². The number of furan rings is 1. The number of hydrogen-bond acceptors (Lipinski definition) is 6. The Morgan fingerprint density at radius 1 is 0.805 bits per heavy atom. The maximum atomic E-state index is 14.7. The van der Waals surface area contributed by atoms with Crippen molar-refractivity contribution in [1.29, 1.82) is 0 Å². The molecule has 6 rings (SSSR count). The van der Waals surface area contributed by atoms with Gasteiger partial charge in [-0.05, 0) is 48.5 Å². The van der Waals surface area contributed by atoms with E-state index in [0.717, 1.165) is 0 Å². The van der Waals surface area contributed by atoms with E-state index in [1.807, 2.05) is 0 Å². The number of sulfone groups is 1. The number of hydrogen-bond donors (Lipinski definition) is 0. The Balaban J connectivity index is 1.35. The summed E-state index contributed by atoms with van der Waals surface area (Å²) in [4.78, 5) is 44.0. The number of carbonyl (C=O) groups is 3. The topological polar surface area (TPSA) is 108 Å². The standard InChI is InChI=1S/C30H24FN3O6S/c31-23-8-3-1-6-21(23)19-34-24-18-20(11-12-27(24)41(38,39)26-10-4-2-7-22(26)29(34)36)28(35)32-13-15-33(16-14-32)30(37)25-9-5-17-40-25/h1-12,17-18H,13-16,19H2. The lowest BCUT2D eigenvalue weighted by Crippen LogP contribution is -2.50. The highest BCUT2D eigenvalue weighted by molar-refractivity contribution is 7.91. The molecule has 3 aromatic carbocycles. The lowest BCUT2D eigenvalue weighted by atomic mass is 10.1. The number of anilines is 1. The Hall–Kier alpha value is -4.77. The third kappa shape index (κ3) is 4.67. The molecule has 0 spiro atoms. The van der Waals surface area contributed by atoms with Gasteiger partial charge in [0.05, 0.1) is 33.8 Å². The molecule has 9 nitrogen and oxygen atoms in total. The molecule has 1 fully saturated rings. The Morgan fingerprint density at radius 2 is 1.49 bits per heavy atom. The van der Waals surface area contributed by atoms with Crippen molar-refractivity contribution in [2.75, 3.05) is 31.1 Å². The van der Waals surface area contributed by atoms with E-state index in [1.165, 1.54) is 65.8 Å². The first kappa shape index (κ1) is 26.5. The van der Waals surface area contributed by atoms with E-state index in [9.17, 15) is 27.2 Å². The van der Waals surface area contributed by atoms with Crippen molar-refractivity contribution in [3.63, 3.8) is 0 Å². The van der Waals surface area contributed by atoms with Gasteiger partial charge in [-0.2, -0.15) is 0 Å². The molecule has 1 aromatic heterocycles. The SMILES string of the molecule is O=C(c1ccc2c(c1)N(Cc1ccccc1F)C(=O)c1ccccc1S2(=O)=O)N1CCN(C(=O)c2ccco2)CC1. The largest absolute Gasteiger partial charge is 0.459 e. The van der Waals surface area contributed by atoms with Crippen LogP contribution >= 0.6 is 0 Å². The second kappa shape index (κ2) is 10.3. The van der Waals surface area contributed by atoms with Gasteiger partial charge in [0.1, 0.15) is 5.82 Å². The van der Waals surface area contributed by atoms with Crippen molar-refractivity contribution in [3.8, 4) is 0 Å². The van der Waals surface area contributed by atoms with Gasteiger partial charge in [0, 0.05) is 37.3 Å². The van der Waals surface area contributed by atoms with Crippen LogP contribution in [-0.4, -0.2) is 62.1 Å². The van der Waals surface area contributed by atoms with E-state index in [2.05, 4.69) is 0 Å². The molecule has 1 saturated heterocycles. The lowest BCUT2D eigenvalue weighted by Gasteiger charge is -2.34. The normalized spacial score (nSPS) is 16.1. The Morgan fingerprint density at radius 3 is 2.20 bits per heavy atom. The predicted molar refractivity (Wildman–Crippen MR) is 146 cm³/mol. The number of fused-ring (bicyclic) bond motifs is 2. The number of carbonyl (C=O) groups excluding carboxylic acids is 3. The van der Waals surface area contributed by atoms with Crippen molar-refractivity contribution in [3.05, 3.63) is 113 Å². The Bertz CT molecular complexity index is 1780. The summed E-state index contributed by atoms with van der Waals surface area (Å²) in [7, 11) is -4.15. The molecule has 3 amide bonds. The average Bonchev–Trinajstić information content (AvgIpc) is 3.53. The fraction of sp³-hybridized carbons (Fsp3) is 0.167. The van der Waals surface area contributed by atoms with Crippen LogP contribution in [0.4, 0.5) is 10.1 Å². The fourth-order valence-corrected chi connectivity index (χ4v) is 6.78. The molecule has 2 aliphatic heterocycles. The highest BCUT2D eigenvalue weighted by atomic mass is 32.2. The molecule has 4 aromatic rings. The molecule has 0 radical (unpaired) electrons. The molecule has 0 bridgehead atoms. The average molecular weight is 574 g/mol. The van der Waals surface area contributed by atoms with Gasteiger partial charge in [-0.3, -0.25) is 14.4 Å². The summed E-state index contributed by atoms with van der Waals surface area (Å²) in [5.74, 6) is -1.59. The van der Waals surface area contributed by atoms with Crippen LogP contribution in [0.2, 0.25) is 0 Å². The Kier molecular flexibility index (Phi) is 6.66. The smallest absolute Gasteiger partial charge is 0.289 e. The minimum atomic E-state index is -4.15. The second-order valence-electron chi connectivity index (χ2n) is 9.73. The van der Waals surface area contributed by atoms with Crippen LogP contribution in [0.15, 0.2) is 99.3 Å². The third-order valence-electron chi connectivity index (χ3n) is 7.31. The highest BCUT2D eigenvalue weighted by Gasteiger charge is 2.37. The zero-order chi connectivity index (χ0) is 28.7. The van der Waals surface area contributed by atoms with Crippen molar-refractivity contribution >= 4 is 33.2 Å². The maximum Gasteiger partial charge on any atom is 0.289 e. The first-order valence-electron chi connectivity index (χ1n) is 12.9. The molecule has 0 N–H and O–H groups in total.